The summed E-state index contributed by atoms with van der Waals surface area (Å²) in [5.41, 5.74) is 5.07. The van der Waals surface area contributed by atoms with Gasteiger partial charge in [0.25, 0.3) is 5.89 Å². The van der Waals surface area contributed by atoms with Crippen molar-refractivity contribution in [3.8, 4) is 22.8 Å². The maximum Gasteiger partial charge on any atom is 0.419 e. The van der Waals surface area contributed by atoms with Crippen LogP contribution in [0.1, 0.15) is 11.1 Å². The van der Waals surface area contributed by atoms with E-state index in [4.69, 9.17) is 8.94 Å². The Morgan fingerprint density at radius 3 is 2.75 bits per heavy atom. The second-order valence-electron chi connectivity index (χ2n) is 5.85. The van der Waals surface area contributed by atoms with E-state index in [1.165, 1.54) is 4.57 Å². The van der Waals surface area contributed by atoms with E-state index < -0.39 is 5.76 Å². The summed E-state index contributed by atoms with van der Waals surface area (Å²) >= 11 is 0. The van der Waals surface area contributed by atoms with Gasteiger partial charge in [0.2, 0.25) is 5.82 Å². The van der Waals surface area contributed by atoms with Crippen molar-refractivity contribution in [3.05, 3.63) is 58.1 Å². The van der Waals surface area contributed by atoms with E-state index in [1.807, 2.05) is 44.2 Å². The molecule has 0 bridgehead atoms. The lowest BCUT2D eigenvalue weighted by atomic mass is 10.1. The fraction of sp³-hybridized carbons (Fsp3) is 0.167. The van der Waals surface area contributed by atoms with Crippen LogP contribution in [0.25, 0.3) is 33.9 Å². The largest absolute Gasteiger partial charge is 0.419 e. The molecular formula is C18H15N3O3. The number of hydrogen-bond acceptors (Lipinski definition) is 5. The quantitative estimate of drug-likeness (QED) is 0.565. The first-order valence-corrected chi connectivity index (χ1v) is 7.54. The first-order chi connectivity index (χ1) is 11.5. The molecule has 2 heterocycles. The molecule has 6 nitrogen and oxygen atoms in total. The molecule has 4 aromatic rings. The molecule has 0 aliphatic carbocycles. The highest BCUT2D eigenvalue weighted by molar-refractivity contribution is 5.79. The molecule has 120 valence electrons. The summed E-state index contributed by atoms with van der Waals surface area (Å²) in [5.74, 6) is 0.534. The Hall–Kier alpha value is -3.15. The lowest BCUT2D eigenvalue weighted by Gasteiger charge is -2.01. The van der Waals surface area contributed by atoms with Crippen molar-refractivity contribution in [1.29, 1.82) is 0 Å². The molecule has 0 amide bonds. The zero-order valence-corrected chi connectivity index (χ0v) is 13.5. The summed E-state index contributed by atoms with van der Waals surface area (Å²) in [6.07, 6.45) is 0. The zero-order chi connectivity index (χ0) is 16.8. The molecule has 0 atom stereocenters. The second-order valence-corrected chi connectivity index (χ2v) is 5.85. The Labute approximate surface area is 137 Å². The Morgan fingerprint density at radius 2 is 1.92 bits per heavy atom. The Balaban J connectivity index is 1.80. The van der Waals surface area contributed by atoms with Gasteiger partial charge in [0.05, 0.1) is 5.52 Å². The molecular weight excluding hydrogens is 306 g/mol. The first kappa shape index (κ1) is 14.4. The van der Waals surface area contributed by atoms with Gasteiger partial charge in [0.1, 0.15) is 0 Å². The zero-order valence-electron chi connectivity index (χ0n) is 13.5. The molecule has 0 radical (unpaired) electrons. The Morgan fingerprint density at radius 1 is 1.08 bits per heavy atom. The smallest absolute Gasteiger partial charge is 0.408 e. The van der Waals surface area contributed by atoms with E-state index in [0.29, 0.717) is 17.3 Å². The standard InChI is InChI=1S/C18H15N3O3/c1-10-4-5-11(2)13(8-10)17-19-16(20-24-17)12-6-7-14-15(9-12)23-18(22)21(14)3/h4-9H,1-3H3. The van der Waals surface area contributed by atoms with Crippen LogP contribution in [0.4, 0.5) is 0 Å². The van der Waals surface area contributed by atoms with E-state index >= 15 is 0 Å². The third kappa shape index (κ3) is 2.23. The van der Waals surface area contributed by atoms with Gasteiger partial charge in [-0.3, -0.25) is 4.57 Å². The van der Waals surface area contributed by atoms with Gasteiger partial charge in [-0.25, -0.2) is 4.79 Å². The number of aromatic nitrogens is 3. The van der Waals surface area contributed by atoms with E-state index in [0.717, 1.165) is 27.8 Å². The summed E-state index contributed by atoms with van der Waals surface area (Å²) in [7, 11) is 1.67. The maximum atomic E-state index is 11.6. The molecule has 0 N–H and O–H groups in total. The minimum atomic E-state index is -0.397. The van der Waals surface area contributed by atoms with Crippen molar-refractivity contribution in [1.82, 2.24) is 14.7 Å². The molecule has 0 saturated heterocycles. The van der Waals surface area contributed by atoms with Gasteiger partial charge in [-0.05, 0) is 43.7 Å². The monoisotopic (exact) mass is 321 g/mol. The summed E-state index contributed by atoms with van der Waals surface area (Å²) < 4.78 is 12.1. The highest BCUT2D eigenvalue weighted by atomic mass is 16.5. The highest BCUT2D eigenvalue weighted by Gasteiger charge is 2.14. The first-order valence-electron chi connectivity index (χ1n) is 7.54. The number of fused-ring (bicyclic) bond motifs is 1. The minimum Gasteiger partial charge on any atom is -0.408 e. The van der Waals surface area contributed by atoms with Crippen molar-refractivity contribution in [3.63, 3.8) is 0 Å². The summed E-state index contributed by atoms with van der Waals surface area (Å²) in [6, 6.07) is 11.5. The molecule has 0 spiro atoms. The molecule has 0 unspecified atom stereocenters. The van der Waals surface area contributed by atoms with Crippen LogP contribution < -0.4 is 5.76 Å². The summed E-state index contributed by atoms with van der Waals surface area (Å²) in [5, 5.41) is 4.06. The lowest BCUT2D eigenvalue weighted by molar-refractivity contribution is 0.432. The lowest BCUT2D eigenvalue weighted by Crippen LogP contribution is -2.08. The van der Waals surface area contributed by atoms with Crippen LogP contribution >= 0.6 is 0 Å². The van der Waals surface area contributed by atoms with Gasteiger partial charge in [-0.2, -0.15) is 4.98 Å². The van der Waals surface area contributed by atoms with Crippen molar-refractivity contribution >= 4 is 11.1 Å². The molecule has 2 aromatic carbocycles. The summed E-state index contributed by atoms with van der Waals surface area (Å²) in [6.45, 7) is 4.02. The molecule has 0 aliphatic heterocycles. The minimum absolute atomic E-state index is 0.397. The fourth-order valence-electron chi connectivity index (χ4n) is 2.69. The van der Waals surface area contributed by atoms with E-state index in [-0.39, 0.29) is 0 Å². The average molecular weight is 321 g/mol. The SMILES string of the molecule is Cc1ccc(C)c(-c2nc(-c3ccc4c(c3)oc(=O)n4C)no2)c1. The molecule has 6 heteroatoms. The van der Waals surface area contributed by atoms with Gasteiger partial charge in [0.15, 0.2) is 5.58 Å². The van der Waals surface area contributed by atoms with Crippen molar-refractivity contribution < 1.29 is 8.94 Å². The number of rotatable bonds is 2. The van der Waals surface area contributed by atoms with E-state index in [1.54, 1.807) is 13.1 Å². The van der Waals surface area contributed by atoms with Crippen LogP contribution in [-0.4, -0.2) is 14.7 Å². The molecule has 0 aliphatic rings. The molecule has 4 rings (SSSR count). The third-order valence-electron chi connectivity index (χ3n) is 4.10. The van der Waals surface area contributed by atoms with Gasteiger partial charge in [0, 0.05) is 18.2 Å². The van der Waals surface area contributed by atoms with Gasteiger partial charge in [-0.1, -0.05) is 22.9 Å². The second kappa shape index (κ2) is 5.19. The number of nitrogens with zero attached hydrogens (tertiary/aromatic N) is 3. The van der Waals surface area contributed by atoms with Crippen LogP contribution in [0.3, 0.4) is 0 Å². The number of benzene rings is 2. The summed E-state index contributed by atoms with van der Waals surface area (Å²) in [4.78, 5) is 16.1. The van der Waals surface area contributed by atoms with Crippen LogP contribution in [0.5, 0.6) is 0 Å². The maximum absolute atomic E-state index is 11.6. The van der Waals surface area contributed by atoms with Crippen LogP contribution in [-0.2, 0) is 7.05 Å². The molecule has 2 aromatic heterocycles. The van der Waals surface area contributed by atoms with Crippen molar-refractivity contribution in [2.24, 2.45) is 7.05 Å². The number of oxazole rings is 1. The Kier molecular flexibility index (Phi) is 3.13. The van der Waals surface area contributed by atoms with Crippen LogP contribution in [0.2, 0.25) is 0 Å². The predicted molar refractivity (Wildman–Crippen MR) is 89.7 cm³/mol. The topological polar surface area (TPSA) is 74.1 Å². The highest BCUT2D eigenvalue weighted by Crippen LogP contribution is 2.27. The molecule has 0 fully saturated rings. The van der Waals surface area contributed by atoms with Gasteiger partial charge < -0.3 is 8.94 Å². The van der Waals surface area contributed by atoms with E-state index in [2.05, 4.69) is 10.1 Å². The van der Waals surface area contributed by atoms with Gasteiger partial charge in [-0.15, -0.1) is 0 Å². The van der Waals surface area contributed by atoms with E-state index in [9.17, 15) is 4.79 Å². The normalized spacial score (nSPS) is 11.3. The third-order valence-corrected chi connectivity index (χ3v) is 4.10. The fourth-order valence-corrected chi connectivity index (χ4v) is 2.69. The Bertz CT molecular complexity index is 1120. The van der Waals surface area contributed by atoms with Gasteiger partial charge >= 0.3 is 5.76 Å². The van der Waals surface area contributed by atoms with Crippen molar-refractivity contribution in [2.75, 3.05) is 0 Å². The molecule has 0 saturated carbocycles. The van der Waals surface area contributed by atoms with Crippen LogP contribution in [0.15, 0.2) is 50.1 Å². The number of hydrogen-bond donors (Lipinski definition) is 0. The molecule has 24 heavy (non-hydrogen) atoms. The van der Waals surface area contributed by atoms with Crippen molar-refractivity contribution in [2.45, 2.75) is 13.8 Å². The predicted octanol–water partition coefficient (Wildman–Crippen LogP) is 3.47. The average Bonchev–Trinajstić information content (AvgIpc) is 3.15. The number of aryl methyl sites for hydroxylation is 3. The van der Waals surface area contributed by atoms with Crippen LogP contribution in [0, 0.1) is 13.8 Å².